The van der Waals surface area contributed by atoms with Gasteiger partial charge in [-0.15, -0.1) is 0 Å². The van der Waals surface area contributed by atoms with Crippen LogP contribution in [0.1, 0.15) is 31.2 Å². The Labute approximate surface area is 127 Å². The monoisotopic (exact) mass is 287 g/mol. The Morgan fingerprint density at radius 1 is 1.29 bits per heavy atom. The van der Waals surface area contributed by atoms with Crippen molar-refractivity contribution in [3.8, 4) is 0 Å². The fourth-order valence-electron chi connectivity index (χ4n) is 3.04. The maximum absolute atomic E-state index is 10.3. The zero-order valence-electron chi connectivity index (χ0n) is 12.6. The van der Waals surface area contributed by atoms with Crippen LogP contribution in [0.25, 0.3) is 0 Å². The number of benzene rings is 1. The molecule has 1 aromatic carbocycles. The average molecular weight is 287 g/mol. The summed E-state index contributed by atoms with van der Waals surface area (Å²) < 4.78 is 0. The molecule has 1 saturated heterocycles. The molecule has 0 radical (unpaired) electrons. The summed E-state index contributed by atoms with van der Waals surface area (Å²) in [5.41, 5.74) is 1.40. The molecule has 0 aromatic heterocycles. The molecule has 0 aliphatic carbocycles. The average Bonchev–Trinajstić information content (AvgIpc) is 2.52. The molecule has 1 aliphatic heterocycles. The standard InChI is InChI=1S/C18H25NO2/c20-14-6-10-17-15-19(13-11-18(17)21)12-5-4-9-16-7-2-1-3-8-16/h1-3,6-8,17-18,21H,4-5,9-13,15H2. The molecule has 2 rings (SSSR count). The molecular weight excluding hydrogens is 262 g/mol. The van der Waals surface area contributed by atoms with Crippen LogP contribution in [-0.2, 0) is 11.2 Å². The second-order valence-electron chi connectivity index (χ2n) is 5.92. The lowest BCUT2D eigenvalue weighted by Crippen LogP contribution is -2.43. The van der Waals surface area contributed by atoms with E-state index in [0.717, 1.165) is 32.5 Å². The molecule has 0 amide bonds. The zero-order chi connectivity index (χ0) is 14.9. The summed E-state index contributed by atoms with van der Waals surface area (Å²) in [4.78, 5) is 12.7. The Morgan fingerprint density at radius 2 is 2.10 bits per heavy atom. The van der Waals surface area contributed by atoms with Crippen molar-refractivity contribution < 1.29 is 9.90 Å². The van der Waals surface area contributed by atoms with Gasteiger partial charge in [0.1, 0.15) is 5.94 Å². The Bertz CT molecular complexity index is 454. The summed E-state index contributed by atoms with van der Waals surface area (Å²) >= 11 is 0. The number of carbonyl (C=O) groups excluding carboxylic acids is 1. The molecule has 1 fully saturated rings. The van der Waals surface area contributed by atoms with Crippen molar-refractivity contribution in [1.29, 1.82) is 0 Å². The highest BCUT2D eigenvalue weighted by Gasteiger charge is 2.26. The molecule has 0 saturated carbocycles. The van der Waals surface area contributed by atoms with Crippen molar-refractivity contribution in [3.05, 3.63) is 42.0 Å². The van der Waals surface area contributed by atoms with Crippen LogP contribution in [0.15, 0.2) is 36.4 Å². The fraction of sp³-hybridized carbons (Fsp3) is 0.556. The van der Waals surface area contributed by atoms with E-state index in [2.05, 4.69) is 35.2 Å². The number of allylic oxidation sites excluding steroid dienone is 1. The quantitative estimate of drug-likeness (QED) is 0.618. The van der Waals surface area contributed by atoms with E-state index in [0.29, 0.717) is 6.42 Å². The van der Waals surface area contributed by atoms with Gasteiger partial charge in [-0.25, -0.2) is 4.79 Å². The summed E-state index contributed by atoms with van der Waals surface area (Å²) in [7, 11) is 0. The molecule has 0 bridgehead atoms. The minimum atomic E-state index is -0.268. The van der Waals surface area contributed by atoms with Crippen molar-refractivity contribution in [2.45, 2.75) is 38.2 Å². The third kappa shape index (κ3) is 5.47. The first kappa shape index (κ1) is 16.0. The number of hydrogen-bond donors (Lipinski definition) is 1. The molecule has 3 heteroatoms. The van der Waals surface area contributed by atoms with E-state index in [4.69, 9.17) is 0 Å². The van der Waals surface area contributed by atoms with Crippen LogP contribution >= 0.6 is 0 Å². The van der Waals surface area contributed by atoms with Gasteiger partial charge in [-0.1, -0.05) is 30.3 Å². The minimum Gasteiger partial charge on any atom is -0.393 e. The number of rotatable bonds is 7. The summed E-state index contributed by atoms with van der Waals surface area (Å²) in [6, 6.07) is 10.6. The van der Waals surface area contributed by atoms with Gasteiger partial charge in [-0.2, -0.15) is 0 Å². The molecule has 2 atom stereocenters. The van der Waals surface area contributed by atoms with Crippen molar-refractivity contribution in [1.82, 2.24) is 4.90 Å². The number of unbranched alkanes of at least 4 members (excludes halogenated alkanes) is 1. The summed E-state index contributed by atoms with van der Waals surface area (Å²) in [5.74, 6) is 2.01. The maximum atomic E-state index is 10.3. The van der Waals surface area contributed by atoms with Gasteiger partial charge < -0.3 is 10.0 Å². The first-order valence-corrected chi connectivity index (χ1v) is 7.93. The largest absolute Gasteiger partial charge is 0.393 e. The molecule has 1 N–H and O–H groups in total. The highest BCUT2D eigenvalue weighted by atomic mass is 16.3. The second kappa shape index (κ2) is 8.78. The Hall–Kier alpha value is -1.41. The molecule has 1 aliphatic rings. The summed E-state index contributed by atoms with van der Waals surface area (Å²) in [5, 5.41) is 9.96. The van der Waals surface area contributed by atoms with Crippen LogP contribution in [0.2, 0.25) is 0 Å². The highest BCUT2D eigenvalue weighted by molar-refractivity contribution is 5.44. The first-order valence-electron chi connectivity index (χ1n) is 7.93. The van der Waals surface area contributed by atoms with E-state index in [-0.39, 0.29) is 12.0 Å². The van der Waals surface area contributed by atoms with E-state index in [9.17, 15) is 9.90 Å². The molecule has 114 valence electrons. The lowest BCUT2D eigenvalue weighted by Gasteiger charge is -2.35. The van der Waals surface area contributed by atoms with E-state index >= 15 is 0 Å². The zero-order valence-corrected chi connectivity index (χ0v) is 12.6. The van der Waals surface area contributed by atoms with Crippen LogP contribution in [0, 0.1) is 5.92 Å². The van der Waals surface area contributed by atoms with Crippen LogP contribution in [-0.4, -0.2) is 41.7 Å². The van der Waals surface area contributed by atoms with Gasteiger partial charge >= 0.3 is 0 Å². The van der Waals surface area contributed by atoms with E-state index in [1.807, 2.05) is 5.94 Å². The second-order valence-corrected chi connectivity index (χ2v) is 5.92. The number of nitrogens with zero attached hydrogens (tertiary/aromatic N) is 1. The van der Waals surface area contributed by atoms with Crippen molar-refractivity contribution in [2.75, 3.05) is 19.6 Å². The number of likely N-dealkylation sites (tertiary alicyclic amines) is 1. The third-order valence-electron chi connectivity index (χ3n) is 4.31. The topological polar surface area (TPSA) is 40.5 Å². The number of aryl methyl sites for hydroxylation is 1. The number of aliphatic hydroxyl groups is 1. The van der Waals surface area contributed by atoms with Gasteiger partial charge in [0.15, 0.2) is 0 Å². The molecule has 21 heavy (non-hydrogen) atoms. The van der Waals surface area contributed by atoms with Gasteiger partial charge in [0, 0.05) is 25.1 Å². The summed E-state index contributed by atoms with van der Waals surface area (Å²) in [6.45, 7) is 2.94. The normalized spacial score (nSPS) is 22.7. The SMILES string of the molecule is O=C=CCC1CN(CCCCc2ccccc2)CCC1O. The lowest BCUT2D eigenvalue weighted by molar-refractivity contribution is 0.0277. The molecule has 1 heterocycles. The lowest BCUT2D eigenvalue weighted by atomic mass is 9.91. The Balaban J connectivity index is 1.67. The minimum absolute atomic E-state index is 0.189. The third-order valence-corrected chi connectivity index (χ3v) is 4.31. The summed E-state index contributed by atoms with van der Waals surface area (Å²) in [6.07, 6.45) is 6.21. The van der Waals surface area contributed by atoms with Crippen molar-refractivity contribution >= 4 is 5.94 Å². The van der Waals surface area contributed by atoms with E-state index in [1.165, 1.54) is 24.5 Å². The van der Waals surface area contributed by atoms with E-state index in [1.54, 1.807) is 0 Å². The predicted octanol–water partition coefficient (Wildman–Crippen LogP) is 2.47. The van der Waals surface area contributed by atoms with Crippen LogP contribution in [0.4, 0.5) is 0 Å². The smallest absolute Gasteiger partial charge is 0.120 e. The van der Waals surface area contributed by atoms with Crippen LogP contribution in [0.5, 0.6) is 0 Å². The number of hydrogen-bond acceptors (Lipinski definition) is 3. The van der Waals surface area contributed by atoms with Gasteiger partial charge in [-0.05, 0) is 44.2 Å². The number of aliphatic hydroxyl groups excluding tert-OH is 1. The van der Waals surface area contributed by atoms with Gasteiger partial charge in [0.25, 0.3) is 0 Å². The van der Waals surface area contributed by atoms with Gasteiger partial charge in [0.05, 0.1) is 6.10 Å². The van der Waals surface area contributed by atoms with Crippen LogP contribution in [0.3, 0.4) is 0 Å². The first-order chi connectivity index (χ1) is 10.3. The van der Waals surface area contributed by atoms with Gasteiger partial charge in [0.2, 0.25) is 0 Å². The molecular formula is C18H25NO2. The fourth-order valence-corrected chi connectivity index (χ4v) is 3.04. The van der Waals surface area contributed by atoms with Crippen molar-refractivity contribution in [2.24, 2.45) is 5.92 Å². The molecule has 0 spiro atoms. The highest BCUT2D eigenvalue weighted by Crippen LogP contribution is 2.21. The predicted molar refractivity (Wildman–Crippen MR) is 84.8 cm³/mol. The maximum Gasteiger partial charge on any atom is 0.120 e. The van der Waals surface area contributed by atoms with E-state index < -0.39 is 0 Å². The Kier molecular flexibility index (Phi) is 6.68. The number of piperidine rings is 1. The van der Waals surface area contributed by atoms with Crippen molar-refractivity contribution in [3.63, 3.8) is 0 Å². The molecule has 2 unspecified atom stereocenters. The van der Waals surface area contributed by atoms with Gasteiger partial charge in [-0.3, -0.25) is 0 Å². The Morgan fingerprint density at radius 3 is 2.86 bits per heavy atom. The van der Waals surface area contributed by atoms with Crippen LogP contribution < -0.4 is 0 Å². The molecule has 1 aromatic rings. The molecule has 3 nitrogen and oxygen atoms in total.